The van der Waals surface area contributed by atoms with E-state index in [1.54, 1.807) is 6.42 Å². The Labute approximate surface area is 95.0 Å². The van der Waals surface area contributed by atoms with Crippen LogP contribution in [0.4, 0.5) is 0 Å². The Morgan fingerprint density at radius 2 is 1.33 bits per heavy atom. The standard InChI is InChI=1S/C14H27N/c1-14(2,3)15-13-8-6-12(7-9-13)10-11-4-5-11/h11-13,15H,4-10H2,1-3H3/t12-,13+. The molecule has 2 fully saturated rings. The van der Waals surface area contributed by atoms with E-state index in [-0.39, 0.29) is 0 Å². The molecule has 0 atom stereocenters. The molecule has 0 amide bonds. The average Bonchev–Trinajstić information content (AvgIpc) is 2.90. The van der Waals surface area contributed by atoms with E-state index >= 15 is 0 Å². The molecule has 15 heavy (non-hydrogen) atoms. The first-order chi connectivity index (χ1) is 7.03. The minimum absolute atomic E-state index is 0.300. The molecule has 1 heteroatoms. The van der Waals surface area contributed by atoms with Crippen LogP contribution >= 0.6 is 0 Å². The monoisotopic (exact) mass is 209 g/mol. The van der Waals surface area contributed by atoms with Crippen LogP contribution in [0.25, 0.3) is 0 Å². The van der Waals surface area contributed by atoms with Gasteiger partial charge < -0.3 is 5.32 Å². The first-order valence-corrected chi connectivity index (χ1v) is 6.80. The van der Waals surface area contributed by atoms with Crippen LogP contribution in [-0.2, 0) is 0 Å². The molecule has 0 bridgehead atoms. The normalized spacial score (nSPS) is 33.0. The van der Waals surface area contributed by atoms with E-state index in [9.17, 15) is 0 Å². The molecule has 1 N–H and O–H groups in total. The third-order valence-electron chi connectivity index (χ3n) is 3.85. The summed E-state index contributed by atoms with van der Waals surface area (Å²) in [6.07, 6.45) is 10.4. The molecule has 0 radical (unpaired) electrons. The lowest BCUT2D eigenvalue weighted by molar-refractivity contribution is 0.237. The van der Waals surface area contributed by atoms with Crippen molar-refractivity contribution in [2.45, 2.75) is 77.3 Å². The maximum Gasteiger partial charge on any atom is 0.00990 e. The van der Waals surface area contributed by atoms with Gasteiger partial charge in [0.05, 0.1) is 0 Å². The lowest BCUT2D eigenvalue weighted by Crippen LogP contribution is -2.45. The van der Waals surface area contributed by atoms with Crippen molar-refractivity contribution >= 4 is 0 Å². The van der Waals surface area contributed by atoms with Gasteiger partial charge in [-0.15, -0.1) is 0 Å². The molecule has 0 unspecified atom stereocenters. The Kier molecular flexibility index (Phi) is 3.39. The lowest BCUT2D eigenvalue weighted by Gasteiger charge is -2.34. The van der Waals surface area contributed by atoms with Gasteiger partial charge in [-0.2, -0.15) is 0 Å². The molecule has 0 heterocycles. The third-order valence-corrected chi connectivity index (χ3v) is 3.85. The number of nitrogens with one attached hydrogen (secondary N) is 1. The van der Waals surface area contributed by atoms with Gasteiger partial charge in [0.25, 0.3) is 0 Å². The first kappa shape index (κ1) is 11.4. The fourth-order valence-corrected chi connectivity index (χ4v) is 2.98. The van der Waals surface area contributed by atoms with Crippen molar-refractivity contribution in [1.29, 1.82) is 0 Å². The van der Waals surface area contributed by atoms with Crippen LogP contribution in [-0.4, -0.2) is 11.6 Å². The van der Waals surface area contributed by atoms with E-state index in [0.717, 1.165) is 17.9 Å². The highest BCUT2D eigenvalue weighted by molar-refractivity contribution is 4.85. The number of rotatable bonds is 3. The molecule has 0 spiro atoms. The van der Waals surface area contributed by atoms with Crippen molar-refractivity contribution in [3.63, 3.8) is 0 Å². The van der Waals surface area contributed by atoms with Gasteiger partial charge in [0.2, 0.25) is 0 Å². The molecule has 0 aromatic carbocycles. The highest BCUT2D eigenvalue weighted by Gasteiger charge is 2.29. The van der Waals surface area contributed by atoms with E-state index in [0.29, 0.717) is 5.54 Å². The minimum Gasteiger partial charge on any atom is -0.309 e. The SMILES string of the molecule is CC(C)(C)N[C@H]1CC[C@@H](CC2CC2)CC1. The zero-order valence-corrected chi connectivity index (χ0v) is 10.7. The molecule has 88 valence electrons. The molecular formula is C14H27N. The van der Waals surface area contributed by atoms with Crippen molar-refractivity contribution in [3.8, 4) is 0 Å². The van der Waals surface area contributed by atoms with Crippen LogP contribution in [0.5, 0.6) is 0 Å². The highest BCUT2D eigenvalue weighted by Crippen LogP contribution is 2.39. The second-order valence-corrected chi connectivity index (χ2v) is 6.79. The van der Waals surface area contributed by atoms with Crippen molar-refractivity contribution in [3.05, 3.63) is 0 Å². The predicted molar refractivity (Wildman–Crippen MR) is 66.0 cm³/mol. The van der Waals surface area contributed by atoms with Gasteiger partial charge in [-0.25, -0.2) is 0 Å². The van der Waals surface area contributed by atoms with Crippen LogP contribution in [0.3, 0.4) is 0 Å². The molecule has 0 aromatic heterocycles. The van der Waals surface area contributed by atoms with Crippen LogP contribution in [0, 0.1) is 11.8 Å². The van der Waals surface area contributed by atoms with Crippen molar-refractivity contribution in [2.24, 2.45) is 11.8 Å². The summed E-state index contributed by atoms with van der Waals surface area (Å²) in [5.74, 6) is 2.19. The van der Waals surface area contributed by atoms with Gasteiger partial charge in [0.15, 0.2) is 0 Å². The van der Waals surface area contributed by atoms with Crippen molar-refractivity contribution in [1.82, 2.24) is 5.32 Å². The summed E-state index contributed by atoms with van der Waals surface area (Å²) < 4.78 is 0. The summed E-state index contributed by atoms with van der Waals surface area (Å²) in [6.45, 7) is 6.84. The molecule has 0 saturated heterocycles. The fraction of sp³-hybridized carbons (Fsp3) is 1.00. The lowest BCUT2D eigenvalue weighted by atomic mass is 9.82. The smallest absolute Gasteiger partial charge is 0.00990 e. The molecule has 2 saturated carbocycles. The summed E-state index contributed by atoms with van der Waals surface area (Å²) in [6, 6.07) is 0.792. The average molecular weight is 209 g/mol. The number of hydrogen-bond acceptors (Lipinski definition) is 1. The van der Waals surface area contributed by atoms with Gasteiger partial charge in [0.1, 0.15) is 0 Å². The van der Waals surface area contributed by atoms with Gasteiger partial charge in [-0.1, -0.05) is 12.8 Å². The number of hydrogen-bond donors (Lipinski definition) is 1. The summed E-state index contributed by atoms with van der Waals surface area (Å²) >= 11 is 0. The summed E-state index contributed by atoms with van der Waals surface area (Å²) in [7, 11) is 0. The second-order valence-electron chi connectivity index (χ2n) is 6.79. The van der Waals surface area contributed by atoms with Crippen LogP contribution in [0.1, 0.15) is 65.7 Å². The Bertz CT molecular complexity index is 192. The Morgan fingerprint density at radius 1 is 0.867 bits per heavy atom. The molecular weight excluding hydrogens is 182 g/mol. The third kappa shape index (κ3) is 4.14. The summed E-state index contributed by atoms with van der Waals surface area (Å²) in [5.41, 5.74) is 0.300. The molecule has 1 nitrogen and oxygen atoms in total. The van der Waals surface area contributed by atoms with Crippen molar-refractivity contribution in [2.75, 3.05) is 0 Å². The minimum atomic E-state index is 0.300. The predicted octanol–water partition coefficient (Wildman–Crippen LogP) is 3.73. The van der Waals surface area contributed by atoms with Gasteiger partial charge in [0, 0.05) is 11.6 Å². The maximum atomic E-state index is 3.75. The van der Waals surface area contributed by atoms with Gasteiger partial charge >= 0.3 is 0 Å². The van der Waals surface area contributed by atoms with E-state index in [1.165, 1.54) is 38.5 Å². The first-order valence-electron chi connectivity index (χ1n) is 6.80. The molecule has 2 rings (SSSR count). The zero-order valence-electron chi connectivity index (χ0n) is 10.7. The zero-order chi connectivity index (χ0) is 10.9. The summed E-state index contributed by atoms with van der Waals surface area (Å²) in [5, 5.41) is 3.75. The van der Waals surface area contributed by atoms with Crippen molar-refractivity contribution < 1.29 is 0 Å². The topological polar surface area (TPSA) is 12.0 Å². The van der Waals surface area contributed by atoms with Gasteiger partial charge in [-0.3, -0.25) is 0 Å². The fourth-order valence-electron chi connectivity index (χ4n) is 2.98. The maximum absolute atomic E-state index is 3.75. The van der Waals surface area contributed by atoms with Crippen LogP contribution in [0.2, 0.25) is 0 Å². The van der Waals surface area contributed by atoms with Crippen LogP contribution in [0.15, 0.2) is 0 Å². The van der Waals surface area contributed by atoms with E-state index < -0.39 is 0 Å². The second kappa shape index (κ2) is 4.45. The van der Waals surface area contributed by atoms with Crippen LogP contribution < -0.4 is 5.32 Å². The van der Waals surface area contributed by atoms with Gasteiger partial charge in [-0.05, 0) is 64.7 Å². The molecule has 0 aliphatic heterocycles. The Hall–Kier alpha value is -0.0400. The summed E-state index contributed by atoms with van der Waals surface area (Å²) in [4.78, 5) is 0. The van der Waals surface area contributed by atoms with E-state index in [2.05, 4.69) is 26.1 Å². The molecule has 2 aliphatic rings. The largest absolute Gasteiger partial charge is 0.309 e. The van der Waals surface area contributed by atoms with E-state index in [4.69, 9.17) is 0 Å². The molecule has 2 aliphatic carbocycles. The quantitative estimate of drug-likeness (QED) is 0.747. The Morgan fingerprint density at radius 3 is 1.73 bits per heavy atom. The Balaban J connectivity index is 1.67. The van der Waals surface area contributed by atoms with E-state index in [1.807, 2.05) is 0 Å². The highest BCUT2D eigenvalue weighted by atomic mass is 15.0. The molecule has 0 aromatic rings.